The van der Waals surface area contributed by atoms with E-state index >= 15 is 0 Å². The van der Waals surface area contributed by atoms with Gasteiger partial charge in [-0.05, 0) is 103 Å². The second-order valence-electron chi connectivity index (χ2n) is 13.7. The lowest BCUT2D eigenvalue weighted by atomic mass is 9.99. The van der Waals surface area contributed by atoms with E-state index in [1.807, 2.05) is 102 Å². The number of imidazole rings is 2. The first-order valence-corrected chi connectivity index (χ1v) is 18.8. The summed E-state index contributed by atoms with van der Waals surface area (Å²) in [5.41, 5.74) is 4.50. The van der Waals surface area contributed by atoms with Crippen molar-refractivity contribution >= 4 is 51.9 Å². The van der Waals surface area contributed by atoms with Gasteiger partial charge >= 0.3 is 0 Å². The standard InChI is InChI=1S/C19H20N8.C10H9ClN6.C10H13N.CH4/c1-25-12-17(21-13-25)22-18-16-5-3-11-27(16)24-19(23-18)26-10-2-4-15(26)14-6-8-20-9-7-14;1-16-5-8(12-6-16)13-9-7-3-2-4-17(7)15-10(11)14-9;1-2-4-9(3-1)10-5-7-11-8-6-10;/h3,5-9,11-13,15H,2,4,10H2,1H3,(H,22,23,24);2-6H,1H3,(H,13,14,15);5-9H,1-4H2;1H4. The first kappa shape index (κ1) is 37.9. The molecule has 0 bridgehead atoms. The van der Waals surface area contributed by atoms with Crippen LogP contribution in [0, 0.1) is 0 Å². The Balaban J connectivity index is 0.000000141. The first-order valence-electron chi connectivity index (χ1n) is 18.4. The van der Waals surface area contributed by atoms with Gasteiger partial charge in [0.05, 0.1) is 18.7 Å². The molecule has 1 saturated carbocycles. The summed E-state index contributed by atoms with van der Waals surface area (Å²) in [6.07, 6.45) is 26.3. The minimum Gasteiger partial charge on any atom is -0.338 e. The zero-order valence-electron chi connectivity index (χ0n) is 30.7. The first-order chi connectivity index (χ1) is 27.0. The molecule has 2 fully saturated rings. The predicted octanol–water partition coefficient (Wildman–Crippen LogP) is 8.18. The third-order valence-electron chi connectivity index (χ3n) is 9.78. The Kier molecular flexibility index (Phi) is 11.8. The molecule has 2 N–H and O–H groups in total. The Morgan fingerprint density at radius 1 is 0.661 bits per heavy atom. The lowest BCUT2D eigenvalue weighted by Crippen LogP contribution is -2.25. The number of hydrogen-bond acceptors (Lipinski definition) is 11. The molecular formula is C40H46ClN15. The van der Waals surface area contributed by atoms with Crippen LogP contribution in [0.4, 0.5) is 29.2 Å². The molecule has 8 aromatic heterocycles. The normalized spacial score (nSPS) is 15.2. The quantitative estimate of drug-likeness (QED) is 0.162. The van der Waals surface area contributed by atoms with Crippen LogP contribution in [0.25, 0.3) is 11.0 Å². The SMILES string of the molecule is C.Cn1cnc(Nc2nc(Cl)nn3cccc23)c1.Cn1cnc(Nc2nc(N3CCCC3c3ccncc3)nn3cccc23)c1.c1cc(C2CCCC2)ccn1. The highest BCUT2D eigenvalue weighted by atomic mass is 35.5. The summed E-state index contributed by atoms with van der Waals surface area (Å²) in [5.74, 6) is 4.41. The molecule has 0 radical (unpaired) electrons. The van der Waals surface area contributed by atoms with Gasteiger partial charge in [0, 0.05) is 70.2 Å². The Labute approximate surface area is 330 Å². The second-order valence-corrected chi connectivity index (χ2v) is 14.0. The van der Waals surface area contributed by atoms with E-state index in [-0.39, 0.29) is 18.8 Å². The van der Waals surface area contributed by atoms with Crippen LogP contribution in [-0.4, -0.2) is 64.8 Å². The largest absolute Gasteiger partial charge is 0.338 e. The van der Waals surface area contributed by atoms with E-state index in [4.69, 9.17) is 21.7 Å². The molecule has 15 nitrogen and oxygen atoms in total. The topological polar surface area (TPSA) is 149 Å². The van der Waals surface area contributed by atoms with Gasteiger partial charge in [-0.15, -0.1) is 10.2 Å². The molecule has 288 valence electrons. The molecular weight excluding hydrogens is 726 g/mol. The molecule has 1 atom stereocenters. The summed E-state index contributed by atoms with van der Waals surface area (Å²) in [7, 11) is 3.85. The number of hydrogen-bond donors (Lipinski definition) is 2. The maximum atomic E-state index is 5.84. The number of nitrogens with zero attached hydrogens (tertiary/aromatic N) is 13. The number of anilines is 5. The molecule has 16 heteroatoms. The Morgan fingerprint density at radius 2 is 1.21 bits per heavy atom. The van der Waals surface area contributed by atoms with Gasteiger partial charge in [0.2, 0.25) is 11.2 Å². The lowest BCUT2D eigenvalue weighted by molar-refractivity contribution is 0.689. The fourth-order valence-corrected chi connectivity index (χ4v) is 7.33. The van der Waals surface area contributed by atoms with E-state index in [2.05, 4.69) is 69.8 Å². The molecule has 0 spiro atoms. The average Bonchev–Trinajstić information content (AvgIpc) is 4.05. The smallest absolute Gasteiger partial charge is 0.246 e. The maximum absolute atomic E-state index is 5.84. The van der Waals surface area contributed by atoms with Gasteiger partial charge in [-0.2, -0.15) is 9.97 Å². The summed E-state index contributed by atoms with van der Waals surface area (Å²) in [6, 6.07) is 16.5. The zero-order chi connectivity index (χ0) is 37.6. The highest BCUT2D eigenvalue weighted by Gasteiger charge is 2.29. The summed E-state index contributed by atoms with van der Waals surface area (Å²) in [6.45, 7) is 0.933. The van der Waals surface area contributed by atoms with Crippen LogP contribution in [0.5, 0.6) is 0 Å². The number of halogens is 1. The predicted molar refractivity (Wildman–Crippen MR) is 220 cm³/mol. The van der Waals surface area contributed by atoms with Gasteiger partial charge in [0.15, 0.2) is 11.6 Å². The molecule has 0 aromatic carbocycles. The molecule has 9 heterocycles. The van der Waals surface area contributed by atoms with Crippen LogP contribution in [0.3, 0.4) is 0 Å². The van der Waals surface area contributed by atoms with Crippen molar-refractivity contribution in [2.45, 2.75) is 57.9 Å². The molecule has 1 aliphatic heterocycles. The third-order valence-corrected chi connectivity index (χ3v) is 9.94. The van der Waals surface area contributed by atoms with Crippen LogP contribution in [-0.2, 0) is 14.1 Å². The number of nitrogens with one attached hydrogen (secondary N) is 2. The van der Waals surface area contributed by atoms with Gasteiger partial charge < -0.3 is 24.7 Å². The van der Waals surface area contributed by atoms with Crippen molar-refractivity contribution in [3.8, 4) is 0 Å². The van der Waals surface area contributed by atoms with Gasteiger partial charge in [-0.3, -0.25) is 9.97 Å². The highest BCUT2D eigenvalue weighted by Crippen LogP contribution is 2.35. The van der Waals surface area contributed by atoms with Gasteiger partial charge in [-0.25, -0.2) is 19.0 Å². The molecule has 0 amide bonds. The summed E-state index contributed by atoms with van der Waals surface area (Å²) in [5, 5.41) is 15.4. The Bertz CT molecular complexity index is 2450. The highest BCUT2D eigenvalue weighted by molar-refractivity contribution is 6.28. The Morgan fingerprint density at radius 3 is 1.79 bits per heavy atom. The van der Waals surface area contributed by atoms with Crippen molar-refractivity contribution in [1.82, 2.24) is 58.3 Å². The van der Waals surface area contributed by atoms with E-state index in [1.54, 1.807) is 17.2 Å². The van der Waals surface area contributed by atoms with Gasteiger partial charge in [0.25, 0.3) is 0 Å². The molecule has 1 aliphatic carbocycles. The van der Waals surface area contributed by atoms with Gasteiger partial charge in [-0.1, -0.05) is 20.3 Å². The van der Waals surface area contributed by atoms with E-state index < -0.39 is 0 Å². The minimum atomic E-state index is 0. The number of aromatic nitrogens is 12. The van der Waals surface area contributed by atoms with Crippen LogP contribution >= 0.6 is 11.6 Å². The van der Waals surface area contributed by atoms with Crippen LogP contribution < -0.4 is 15.5 Å². The van der Waals surface area contributed by atoms with Crippen molar-refractivity contribution in [3.05, 3.63) is 127 Å². The molecule has 10 rings (SSSR count). The van der Waals surface area contributed by atoms with E-state index in [0.717, 1.165) is 53.9 Å². The molecule has 56 heavy (non-hydrogen) atoms. The van der Waals surface area contributed by atoms with Crippen LogP contribution in [0.1, 0.15) is 69.0 Å². The maximum Gasteiger partial charge on any atom is 0.246 e. The fraction of sp³-hybridized carbons (Fsp3) is 0.300. The minimum absolute atomic E-state index is 0. The van der Waals surface area contributed by atoms with Crippen molar-refractivity contribution in [2.75, 3.05) is 22.1 Å². The van der Waals surface area contributed by atoms with E-state index in [9.17, 15) is 0 Å². The number of aryl methyl sites for hydroxylation is 2. The monoisotopic (exact) mass is 771 g/mol. The van der Waals surface area contributed by atoms with E-state index in [1.165, 1.54) is 36.8 Å². The lowest BCUT2D eigenvalue weighted by Gasteiger charge is -2.25. The summed E-state index contributed by atoms with van der Waals surface area (Å²) in [4.78, 5) is 28.0. The number of fused-ring (bicyclic) bond motifs is 2. The van der Waals surface area contributed by atoms with Crippen molar-refractivity contribution < 1.29 is 0 Å². The fourth-order valence-electron chi connectivity index (χ4n) is 7.17. The van der Waals surface area contributed by atoms with Crippen molar-refractivity contribution in [1.29, 1.82) is 0 Å². The van der Waals surface area contributed by atoms with Crippen molar-refractivity contribution in [3.63, 3.8) is 0 Å². The Hall–Kier alpha value is -6.35. The molecule has 1 unspecified atom stereocenters. The third kappa shape index (κ3) is 8.78. The number of rotatable bonds is 7. The second kappa shape index (κ2) is 17.4. The van der Waals surface area contributed by atoms with Gasteiger partial charge in [0.1, 0.15) is 22.7 Å². The average molecular weight is 772 g/mol. The number of pyridine rings is 2. The molecule has 2 aliphatic rings. The summed E-state index contributed by atoms with van der Waals surface area (Å²) < 4.78 is 7.29. The molecule has 1 saturated heterocycles. The van der Waals surface area contributed by atoms with E-state index in [0.29, 0.717) is 11.6 Å². The molecule has 8 aromatic rings. The zero-order valence-corrected chi connectivity index (χ0v) is 31.4. The van der Waals surface area contributed by atoms with Crippen LogP contribution in [0.15, 0.2) is 111 Å². The van der Waals surface area contributed by atoms with Crippen molar-refractivity contribution in [2.24, 2.45) is 14.1 Å². The summed E-state index contributed by atoms with van der Waals surface area (Å²) >= 11 is 5.84. The van der Waals surface area contributed by atoms with Crippen LogP contribution in [0.2, 0.25) is 5.28 Å².